The van der Waals surface area contributed by atoms with Crippen LogP contribution in [-0.4, -0.2) is 92.2 Å². The van der Waals surface area contributed by atoms with E-state index in [2.05, 4.69) is 29.9 Å². The van der Waals surface area contributed by atoms with Gasteiger partial charge in [-0.15, -0.1) is 0 Å². The highest BCUT2D eigenvalue weighted by atomic mass is 31.2. The lowest BCUT2D eigenvalue weighted by molar-refractivity contribution is -0.0561. The first-order valence-corrected chi connectivity index (χ1v) is 16.8. The molecule has 3 aliphatic rings. The third-order valence-electron chi connectivity index (χ3n) is 7.94. The van der Waals surface area contributed by atoms with Crippen LogP contribution in [0.15, 0.2) is 23.8 Å². The first kappa shape index (κ1) is 30.3. The van der Waals surface area contributed by atoms with Crippen LogP contribution in [0, 0.1) is 5.92 Å². The van der Waals surface area contributed by atoms with Gasteiger partial charge in [0.2, 0.25) is 5.95 Å². The van der Waals surface area contributed by atoms with Crippen molar-refractivity contribution in [3.8, 4) is 0 Å². The fraction of sp³-hybridized carbons (Fsp3) is 0.545. The van der Waals surface area contributed by atoms with Crippen LogP contribution in [0.4, 0.5) is 16.2 Å². The molecule has 3 aliphatic heterocycles. The average Bonchev–Trinajstić information content (AvgIpc) is 3.72. The van der Waals surface area contributed by atoms with Gasteiger partial charge in [0, 0.05) is 5.92 Å². The number of phosphoric acid groups is 1. The molecule has 7 N–H and O–H groups in total. The summed E-state index contributed by atoms with van der Waals surface area (Å²) in [6.07, 6.45) is -7.18. The lowest BCUT2D eigenvalue weighted by Gasteiger charge is -2.26. The molecule has 4 aromatic heterocycles. The van der Waals surface area contributed by atoms with E-state index in [9.17, 15) is 23.7 Å². The molecule has 0 spiro atoms. The predicted octanol–water partition coefficient (Wildman–Crippen LogP) is 0.369. The van der Waals surface area contributed by atoms with Crippen LogP contribution in [0.2, 0.25) is 0 Å². The minimum Gasteiger partial charge on any atom is -0.382 e. The zero-order chi connectivity index (χ0) is 31.8. The van der Waals surface area contributed by atoms with Crippen LogP contribution in [0.5, 0.6) is 0 Å². The van der Waals surface area contributed by atoms with Crippen LogP contribution in [0.3, 0.4) is 0 Å². The highest BCUT2D eigenvalue weighted by molar-refractivity contribution is 7.52. The first-order chi connectivity index (χ1) is 21.3. The van der Waals surface area contributed by atoms with Crippen LogP contribution in [-0.2, 0) is 32.2 Å². The highest BCUT2D eigenvalue weighted by Gasteiger charge is 2.53. The number of nitrogens with zero attached hydrogens (tertiary/aromatic N) is 7. The number of rotatable bonds is 2. The predicted molar refractivity (Wildman–Crippen MR) is 149 cm³/mol. The summed E-state index contributed by atoms with van der Waals surface area (Å²) in [6.45, 7) is 1.01. The molecule has 23 heteroatoms. The second kappa shape index (κ2) is 10.9. The topological polar surface area (TPSA) is 280 Å². The lowest BCUT2D eigenvalue weighted by atomic mass is 10.0. The van der Waals surface area contributed by atoms with Crippen molar-refractivity contribution in [1.82, 2.24) is 39.0 Å². The van der Waals surface area contributed by atoms with Crippen molar-refractivity contribution < 1.29 is 46.4 Å². The molecule has 242 valence electrons. The van der Waals surface area contributed by atoms with Crippen LogP contribution in [0.25, 0.3) is 22.3 Å². The van der Waals surface area contributed by atoms with E-state index in [-0.39, 0.29) is 29.4 Å². The second-order valence-electron chi connectivity index (χ2n) is 10.8. The van der Waals surface area contributed by atoms with Crippen LogP contribution >= 0.6 is 15.4 Å². The summed E-state index contributed by atoms with van der Waals surface area (Å²) >= 11 is 0. The van der Waals surface area contributed by atoms with Crippen molar-refractivity contribution >= 4 is 49.5 Å². The first-order valence-electron chi connectivity index (χ1n) is 13.6. The van der Waals surface area contributed by atoms with Crippen LogP contribution < -0.4 is 17.0 Å². The van der Waals surface area contributed by atoms with Crippen molar-refractivity contribution in [2.45, 2.75) is 56.4 Å². The van der Waals surface area contributed by atoms with E-state index < -0.39 is 82.7 Å². The Bertz CT molecular complexity index is 1940. The Morgan fingerprint density at radius 1 is 0.978 bits per heavy atom. The van der Waals surface area contributed by atoms with Gasteiger partial charge in [-0.05, 0) is 6.42 Å². The maximum atomic E-state index is 15.8. The molecule has 0 saturated carbocycles. The van der Waals surface area contributed by atoms with E-state index >= 15 is 4.39 Å². The number of aromatic amines is 1. The number of hydrogen-bond acceptors (Lipinski definition) is 15. The largest absolute Gasteiger partial charge is 0.472 e. The number of phosphoric ester groups is 1. The standard InChI is InChI=1S/C22H27FN10O10P2/c1-8-14-10(41-20(8)32-6-28-12-16(24)26-5-27-17(12)32)4-39-45(37,38)43-15-11(23)9(2-3-44(35,36)42-14)40-21(15)33-7-29-13-18(33)30-22(25)31-19(13)34/h5-11,14-15,20-21H,2-4H2,1H3,(H,35,36)(H,37,38)(H2,24,26,27)(H3,25,30,31,34). The van der Waals surface area contributed by atoms with Gasteiger partial charge in [-0.2, -0.15) is 4.98 Å². The number of ether oxygens (including phenoxy) is 2. The number of nitrogen functional groups attached to an aromatic ring is 2. The second-order valence-corrected chi connectivity index (χ2v) is 14.2. The van der Waals surface area contributed by atoms with Gasteiger partial charge in [-0.1, -0.05) is 6.92 Å². The summed E-state index contributed by atoms with van der Waals surface area (Å²) in [5, 5.41) is 0. The monoisotopic (exact) mass is 672 g/mol. The molecular weight excluding hydrogens is 645 g/mol. The Morgan fingerprint density at radius 2 is 1.69 bits per heavy atom. The fourth-order valence-corrected chi connectivity index (χ4v) is 8.15. The Hall–Kier alpha value is -3.39. The summed E-state index contributed by atoms with van der Waals surface area (Å²) in [7, 11) is -9.53. The van der Waals surface area contributed by atoms with E-state index in [0.29, 0.717) is 11.2 Å². The summed E-state index contributed by atoms with van der Waals surface area (Å²) in [4.78, 5) is 56.5. The molecule has 20 nitrogen and oxygen atoms in total. The third kappa shape index (κ3) is 5.33. The quantitative estimate of drug-likeness (QED) is 0.180. The number of hydrogen-bond donors (Lipinski definition) is 5. The van der Waals surface area contributed by atoms with E-state index in [0.717, 1.165) is 10.9 Å². The van der Waals surface area contributed by atoms with Gasteiger partial charge in [-0.25, -0.2) is 28.9 Å². The number of imidazole rings is 2. The zero-order valence-electron chi connectivity index (χ0n) is 23.2. The molecule has 3 fully saturated rings. The maximum Gasteiger partial charge on any atom is 0.472 e. The molecule has 0 aliphatic carbocycles. The minimum atomic E-state index is -5.07. The lowest BCUT2D eigenvalue weighted by Crippen LogP contribution is -2.32. The number of H-pyrrole nitrogens is 1. The highest BCUT2D eigenvalue weighted by Crippen LogP contribution is 2.55. The van der Waals surface area contributed by atoms with Gasteiger partial charge >= 0.3 is 15.4 Å². The molecule has 4 aromatic rings. The molecule has 10 atom stereocenters. The molecular formula is C22H27FN10O10P2. The number of aromatic nitrogens is 8. The molecule has 10 unspecified atom stereocenters. The third-order valence-corrected chi connectivity index (χ3v) is 10.3. The number of anilines is 2. The van der Waals surface area contributed by atoms with E-state index in [1.165, 1.54) is 17.2 Å². The number of halogens is 1. The number of nitrogens with one attached hydrogen (secondary N) is 1. The maximum absolute atomic E-state index is 15.8. The van der Waals surface area contributed by atoms with E-state index in [4.69, 9.17) is 34.5 Å². The van der Waals surface area contributed by atoms with E-state index in [1.54, 1.807) is 6.92 Å². The van der Waals surface area contributed by atoms with Crippen LogP contribution in [0.1, 0.15) is 25.8 Å². The fourth-order valence-electron chi connectivity index (χ4n) is 5.83. The Kier molecular flexibility index (Phi) is 7.30. The molecule has 7 heterocycles. The van der Waals surface area contributed by atoms with Crippen molar-refractivity contribution in [3.63, 3.8) is 0 Å². The van der Waals surface area contributed by atoms with Gasteiger partial charge in [0.25, 0.3) is 5.56 Å². The zero-order valence-corrected chi connectivity index (χ0v) is 25.0. The Morgan fingerprint density at radius 3 is 2.47 bits per heavy atom. The molecule has 45 heavy (non-hydrogen) atoms. The average molecular weight is 672 g/mol. The normalized spacial score (nSPS) is 37.7. The number of nitrogens with two attached hydrogens (primary N) is 2. The van der Waals surface area contributed by atoms with Gasteiger partial charge in [0.1, 0.15) is 36.4 Å². The smallest absolute Gasteiger partial charge is 0.382 e. The van der Waals surface area contributed by atoms with Crippen molar-refractivity contribution in [2.75, 3.05) is 24.2 Å². The summed E-state index contributed by atoms with van der Waals surface area (Å²) in [5.74, 6) is -0.797. The number of fused-ring (bicyclic) bond motifs is 5. The molecule has 0 radical (unpaired) electrons. The van der Waals surface area contributed by atoms with Crippen molar-refractivity contribution in [1.29, 1.82) is 0 Å². The Balaban J connectivity index is 1.21. The summed E-state index contributed by atoms with van der Waals surface area (Å²) in [5.41, 5.74) is 11.2. The molecule has 0 amide bonds. The van der Waals surface area contributed by atoms with Gasteiger partial charge < -0.3 is 35.3 Å². The molecule has 2 bridgehead atoms. The van der Waals surface area contributed by atoms with E-state index in [1.807, 2.05) is 0 Å². The summed E-state index contributed by atoms with van der Waals surface area (Å²) < 4.78 is 73.2. The minimum absolute atomic E-state index is 0.116. The molecule has 7 rings (SSSR count). The molecule has 0 aromatic carbocycles. The van der Waals surface area contributed by atoms with Gasteiger partial charge in [0.15, 0.2) is 35.0 Å². The van der Waals surface area contributed by atoms with Crippen molar-refractivity contribution in [3.05, 3.63) is 29.3 Å². The summed E-state index contributed by atoms with van der Waals surface area (Å²) in [6, 6.07) is 0. The Labute approximate surface area is 251 Å². The number of alkyl halides is 1. The van der Waals surface area contributed by atoms with Crippen molar-refractivity contribution in [2.24, 2.45) is 5.92 Å². The molecule has 3 saturated heterocycles. The van der Waals surface area contributed by atoms with Gasteiger partial charge in [-0.3, -0.25) is 32.5 Å². The SMILES string of the molecule is CC1C2OP(=O)(O)CCC3OC(n4cnc5c(=O)[nH]c(N)nc54)C(OP(=O)(O)OCC2OC1n1cnc2c(N)ncnc21)C3F. The van der Waals surface area contributed by atoms with Gasteiger partial charge in [0.05, 0.1) is 31.5 Å².